The van der Waals surface area contributed by atoms with Gasteiger partial charge < -0.3 is 5.11 Å². The molecule has 2 aliphatic rings. The van der Waals surface area contributed by atoms with Gasteiger partial charge in [-0.3, -0.25) is 0 Å². The number of aromatic nitrogens is 4. The molecule has 0 saturated carbocycles. The quantitative estimate of drug-likeness (QED) is 0.460. The van der Waals surface area contributed by atoms with Gasteiger partial charge in [-0.1, -0.05) is 0 Å². The average Bonchev–Trinajstić information content (AvgIpc) is 2.48. The summed E-state index contributed by atoms with van der Waals surface area (Å²) in [5.41, 5.74) is 0.558. The Kier molecular flexibility index (Phi) is 1.27. The van der Waals surface area contributed by atoms with Crippen molar-refractivity contribution < 1.29 is 9.67 Å². The molecule has 0 bridgehead atoms. The first-order valence-corrected chi connectivity index (χ1v) is 3.53. The van der Waals surface area contributed by atoms with Crippen LogP contribution in [0, 0.1) is 0 Å². The Hall–Kier alpha value is -1.65. The Bertz CT molecular complexity index is 395. The Morgan fingerprint density at radius 1 is 1.58 bits per heavy atom. The maximum absolute atomic E-state index is 11.4. The average molecular weight is 164 g/mol. The summed E-state index contributed by atoms with van der Waals surface area (Å²) in [7, 11) is 3.53. The van der Waals surface area contributed by atoms with Crippen LogP contribution >= 0.6 is 0 Å². The second-order valence-corrected chi connectivity index (χ2v) is 2.72. The zero-order chi connectivity index (χ0) is 8.72. The molecule has 0 N–H and O–H groups in total. The molecule has 0 saturated heterocycles. The molecule has 0 fully saturated rings. The molecule has 5 heteroatoms. The van der Waals surface area contributed by atoms with Gasteiger partial charge in [-0.05, 0) is 0 Å². The number of nitrogens with zero attached hydrogens (tertiary/aromatic N) is 4. The minimum absolute atomic E-state index is 0.0619. The molecule has 2 aliphatic heterocycles. The van der Waals surface area contributed by atoms with E-state index < -0.39 is 0 Å². The Labute approximate surface area is 69.2 Å². The third kappa shape index (κ3) is 0.761. The van der Waals surface area contributed by atoms with Crippen molar-refractivity contribution in [2.75, 3.05) is 0 Å². The second kappa shape index (κ2) is 2.17. The molecule has 0 atom stereocenters. The van der Waals surface area contributed by atoms with Crippen LogP contribution in [0.15, 0.2) is 12.5 Å². The van der Waals surface area contributed by atoms with Crippen LogP contribution in [0.5, 0.6) is 5.88 Å². The van der Waals surface area contributed by atoms with Gasteiger partial charge in [-0.25, -0.2) is 9.13 Å². The van der Waals surface area contributed by atoms with Crippen molar-refractivity contribution in [2.24, 2.45) is 14.1 Å². The fourth-order valence-corrected chi connectivity index (χ4v) is 1.22. The molecule has 2 rings (SSSR count). The standard InChI is InChI=1S/C7H8N4O/c1-10-4-11(2)7(12)5-3-8-9-6(5)10/h3-4H,1-2H3. The van der Waals surface area contributed by atoms with Gasteiger partial charge in [0, 0.05) is 0 Å². The Morgan fingerprint density at radius 2 is 2.33 bits per heavy atom. The van der Waals surface area contributed by atoms with E-state index >= 15 is 0 Å². The van der Waals surface area contributed by atoms with Crippen molar-refractivity contribution in [3.63, 3.8) is 0 Å². The van der Waals surface area contributed by atoms with E-state index in [2.05, 4.69) is 10.2 Å². The molecule has 62 valence electrons. The summed E-state index contributed by atoms with van der Waals surface area (Å²) < 4.78 is 3.27. The Morgan fingerprint density at radius 3 is 3.08 bits per heavy atom. The molecular weight excluding hydrogens is 156 g/mol. The van der Waals surface area contributed by atoms with Gasteiger partial charge in [0.2, 0.25) is 6.33 Å². The first kappa shape index (κ1) is 7.02. The van der Waals surface area contributed by atoms with Gasteiger partial charge in [0.25, 0.3) is 5.82 Å². The summed E-state index contributed by atoms with van der Waals surface area (Å²) >= 11 is 0. The van der Waals surface area contributed by atoms with Crippen LogP contribution in [0.4, 0.5) is 0 Å². The molecule has 12 heavy (non-hydrogen) atoms. The first-order valence-electron chi connectivity index (χ1n) is 3.53. The van der Waals surface area contributed by atoms with Gasteiger partial charge >= 0.3 is 0 Å². The van der Waals surface area contributed by atoms with Crippen molar-refractivity contribution in [3.8, 4) is 17.3 Å². The number of hydrogen-bond acceptors (Lipinski definition) is 3. The van der Waals surface area contributed by atoms with Gasteiger partial charge in [0.15, 0.2) is 0 Å². The molecule has 0 aromatic carbocycles. The van der Waals surface area contributed by atoms with Crippen LogP contribution in [0.1, 0.15) is 0 Å². The lowest BCUT2D eigenvalue weighted by atomic mass is 10.3. The first-order chi connectivity index (χ1) is 5.70. The van der Waals surface area contributed by atoms with E-state index in [9.17, 15) is 5.11 Å². The predicted octanol–water partition coefficient (Wildman–Crippen LogP) is -1.18. The van der Waals surface area contributed by atoms with E-state index in [1.165, 1.54) is 10.8 Å². The maximum Gasteiger partial charge on any atom is 0.251 e. The highest BCUT2D eigenvalue weighted by Gasteiger charge is 2.16. The molecule has 0 amide bonds. The van der Waals surface area contributed by atoms with Crippen LogP contribution in [-0.2, 0) is 14.1 Å². The number of hydrogen-bond donors (Lipinski definition) is 0. The molecule has 0 aromatic heterocycles. The van der Waals surface area contributed by atoms with Crippen molar-refractivity contribution in [3.05, 3.63) is 12.5 Å². The topological polar surface area (TPSA) is 57.6 Å². The van der Waals surface area contributed by atoms with E-state index in [1.807, 2.05) is 7.05 Å². The molecular formula is C7H8N4O. The van der Waals surface area contributed by atoms with E-state index in [1.54, 1.807) is 17.9 Å². The largest absolute Gasteiger partial charge is 0.842 e. The zero-order valence-corrected chi connectivity index (χ0v) is 6.85. The number of fused-ring (bicyclic) bond motifs is 1. The van der Waals surface area contributed by atoms with Crippen LogP contribution in [0.25, 0.3) is 11.4 Å². The van der Waals surface area contributed by atoms with Crippen molar-refractivity contribution >= 4 is 0 Å². The van der Waals surface area contributed by atoms with Crippen LogP contribution in [-0.4, -0.2) is 14.8 Å². The summed E-state index contributed by atoms with van der Waals surface area (Å²) in [6.07, 6.45) is 3.16. The molecule has 0 unspecified atom stereocenters. The van der Waals surface area contributed by atoms with Gasteiger partial charge in [0.1, 0.15) is 0 Å². The van der Waals surface area contributed by atoms with E-state index in [0.717, 1.165) is 0 Å². The fourth-order valence-electron chi connectivity index (χ4n) is 1.22. The second-order valence-electron chi connectivity index (χ2n) is 2.72. The van der Waals surface area contributed by atoms with E-state index in [-0.39, 0.29) is 5.88 Å². The molecule has 2 heterocycles. The smallest absolute Gasteiger partial charge is 0.251 e. The summed E-state index contributed by atoms with van der Waals surface area (Å²) in [4.78, 5) is 0. The number of rotatable bonds is 0. The van der Waals surface area contributed by atoms with Gasteiger partial charge in [-0.15, -0.1) is 5.10 Å². The highest BCUT2D eigenvalue weighted by atomic mass is 16.3. The third-order valence-corrected chi connectivity index (χ3v) is 1.81. The van der Waals surface area contributed by atoms with Crippen molar-refractivity contribution in [2.45, 2.75) is 0 Å². The molecule has 0 radical (unpaired) electrons. The summed E-state index contributed by atoms with van der Waals surface area (Å²) in [6, 6.07) is 0. The predicted molar refractivity (Wildman–Crippen MR) is 38.2 cm³/mol. The fraction of sp³-hybridized carbons (Fsp3) is 0.286. The minimum atomic E-state index is -0.0619. The highest BCUT2D eigenvalue weighted by molar-refractivity contribution is 5.58. The van der Waals surface area contributed by atoms with E-state index in [0.29, 0.717) is 11.4 Å². The zero-order valence-electron chi connectivity index (χ0n) is 6.85. The monoisotopic (exact) mass is 164 g/mol. The lowest BCUT2D eigenvalue weighted by molar-refractivity contribution is -0.717. The molecule has 0 aliphatic carbocycles. The van der Waals surface area contributed by atoms with Gasteiger partial charge in [0.05, 0.1) is 31.7 Å². The van der Waals surface area contributed by atoms with E-state index in [4.69, 9.17) is 0 Å². The number of aryl methyl sites for hydroxylation is 2. The highest BCUT2D eigenvalue weighted by Crippen LogP contribution is 2.21. The normalized spacial score (nSPS) is 10.8. The molecule has 0 aromatic rings. The molecule has 5 nitrogen and oxygen atoms in total. The summed E-state index contributed by atoms with van der Waals surface area (Å²) in [5.74, 6) is 0.561. The van der Waals surface area contributed by atoms with Crippen LogP contribution in [0.2, 0.25) is 0 Å². The van der Waals surface area contributed by atoms with Crippen LogP contribution in [0.3, 0.4) is 0 Å². The summed E-state index contributed by atoms with van der Waals surface area (Å²) in [5, 5.41) is 18.9. The SMILES string of the molecule is Cn1c[n+](C)c([O-])c2cnnc1-2. The van der Waals surface area contributed by atoms with Crippen molar-refractivity contribution in [1.82, 2.24) is 14.8 Å². The Balaban J connectivity index is 2.86. The van der Waals surface area contributed by atoms with Crippen molar-refractivity contribution in [1.29, 1.82) is 0 Å². The lowest BCUT2D eigenvalue weighted by Crippen LogP contribution is -2.35. The van der Waals surface area contributed by atoms with Gasteiger partial charge in [-0.2, -0.15) is 5.10 Å². The third-order valence-electron chi connectivity index (χ3n) is 1.81. The minimum Gasteiger partial charge on any atom is -0.842 e. The lowest BCUT2D eigenvalue weighted by Gasteiger charge is -2.10. The van der Waals surface area contributed by atoms with Crippen LogP contribution < -0.4 is 9.67 Å². The summed E-state index contributed by atoms with van der Waals surface area (Å²) in [6.45, 7) is 0. The molecule has 0 spiro atoms. The maximum atomic E-state index is 11.4.